The first-order valence-corrected chi connectivity index (χ1v) is 11.4. The average molecular weight is 397 g/mol. The van der Waals surface area contributed by atoms with E-state index in [4.69, 9.17) is 9.47 Å². The van der Waals surface area contributed by atoms with Crippen molar-refractivity contribution in [2.75, 3.05) is 39.4 Å². The number of fused-ring (bicyclic) bond motifs is 2. The number of hydrogen-bond acceptors (Lipinski definition) is 5. The lowest BCUT2D eigenvalue weighted by Gasteiger charge is -2.32. The molecule has 2 heterocycles. The molecule has 0 spiro atoms. The van der Waals surface area contributed by atoms with Gasteiger partial charge < -0.3 is 14.4 Å². The van der Waals surface area contributed by atoms with Crippen LogP contribution in [0.1, 0.15) is 33.6 Å². The first kappa shape index (κ1) is 20.6. The Morgan fingerprint density at radius 3 is 2.70 bits per heavy atom. The van der Waals surface area contributed by atoms with Crippen molar-refractivity contribution in [2.24, 2.45) is 5.92 Å². The lowest BCUT2D eigenvalue weighted by molar-refractivity contribution is 0.106. The summed E-state index contributed by atoms with van der Waals surface area (Å²) in [7, 11) is -3.57. The molecule has 0 saturated carbocycles. The summed E-state index contributed by atoms with van der Waals surface area (Å²) >= 11 is 0. The maximum atomic E-state index is 13.4. The molecule has 1 aromatic rings. The van der Waals surface area contributed by atoms with Gasteiger partial charge in [-0.2, -0.15) is 4.31 Å². The van der Waals surface area contributed by atoms with E-state index in [9.17, 15) is 8.42 Å². The van der Waals surface area contributed by atoms with Gasteiger partial charge in [-0.25, -0.2) is 8.42 Å². The van der Waals surface area contributed by atoms with Crippen molar-refractivity contribution >= 4 is 10.0 Å². The second kappa shape index (κ2) is 8.90. The monoisotopic (exact) mass is 396 g/mol. The third-order valence-electron chi connectivity index (χ3n) is 5.29. The van der Waals surface area contributed by atoms with E-state index in [1.165, 1.54) is 0 Å². The lowest BCUT2D eigenvalue weighted by Crippen LogP contribution is -2.48. The highest BCUT2D eigenvalue weighted by molar-refractivity contribution is 7.89. The van der Waals surface area contributed by atoms with Gasteiger partial charge in [-0.1, -0.05) is 26.0 Å². The van der Waals surface area contributed by atoms with Crippen molar-refractivity contribution in [1.82, 2.24) is 9.21 Å². The van der Waals surface area contributed by atoms with Gasteiger partial charge in [-0.3, -0.25) is 0 Å². The van der Waals surface area contributed by atoms with E-state index in [1.807, 2.05) is 13.0 Å². The Morgan fingerprint density at radius 2 is 1.96 bits per heavy atom. The van der Waals surface area contributed by atoms with Crippen LogP contribution in [-0.2, 0) is 14.8 Å². The predicted molar refractivity (Wildman–Crippen MR) is 106 cm³/mol. The van der Waals surface area contributed by atoms with E-state index in [-0.39, 0.29) is 18.1 Å². The second-order valence-electron chi connectivity index (χ2n) is 7.75. The van der Waals surface area contributed by atoms with Crippen LogP contribution in [0.3, 0.4) is 0 Å². The molecule has 2 aliphatic heterocycles. The number of ether oxygens (including phenoxy) is 2. The van der Waals surface area contributed by atoms with Gasteiger partial charge in [0.15, 0.2) is 0 Å². The molecule has 6 nitrogen and oxygen atoms in total. The molecular weight excluding hydrogens is 364 g/mol. The van der Waals surface area contributed by atoms with Crippen molar-refractivity contribution < 1.29 is 17.9 Å². The molecule has 0 N–H and O–H groups in total. The molecule has 2 aliphatic rings. The van der Waals surface area contributed by atoms with Crippen LogP contribution in [0.2, 0.25) is 0 Å². The van der Waals surface area contributed by atoms with Crippen LogP contribution in [0.4, 0.5) is 0 Å². The smallest absolute Gasteiger partial charge is 0.247 e. The predicted octanol–water partition coefficient (Wildman–Crippen LogP) is 2.60. The molecule has 152 valence electrons. The molecule has 1 saturated heterocycles. The van der Waals surface area contributed by atoms with Gasteiger partial charge in [0.05, 0.1) is 12.6 Å². The first-order chi connectivity index (χ1) is 12.9. The summed E-state index contributed by atoms with van der Waals surface area (Å²) < 4.78 is 40.3. The maximum Gasteiger partial charge on any atom is 0.247 e. The molecule has 0 unspecified atom stereocenters. The number of rotatable bonds is 6. The van der Waals surface area contributed by atoms with E-state index < -0.39 is 10.0 Å². The largest absolute Gasteiger partial charge is 0.487 e. The maximum absolute atomic E-state index is 13.4. The average Bonchev–Trinajstić information content (AvgIpc) is 2.86. The number of nitrogens with zero attached hydrogens (tertiary/aromatic N) is 2. The molecular formula is C20H32N2O4S. The van der Waals surface area contributed by atoms with Crippen LogP contribution in [0, 0.1) is 5.92 Å². The number of benzene rings is 1. The molecule has 0 amide bonds. The molecule has 0 bridgehead atoms. The topological polar surface area (TPSA) is 59.1 Å². The van der Waals surface area contributed by atoms with Gasteiger partial charge >= 0.3 is 0 Å². The Kier molecular flexibility index (Phi) is 6.78. The quantitative estimate of drug-likeness (QED) is 0.692. The molecule has 0 radical (unpaired) electrons. The lowest BCUT2D eigenvalue weighted by atomic mass is 10.0. The van der Waals surface area contributed by atoms with Gasteiger partial charge in [0.2, 0.25) is 10.0 Å². The van der Waals surface area contributed by atoms with Crippen LogP contribution in [0.25, 0.3) is 0 Å². The van der Waals surface area contributed by atoms with Gasteiger partial charge in [-0.15, -0.1) is 0 Å². The molecule has 7 heteroatoms. The Hall–Kier alpha value is -1.15. The molecule has 27 heavy (non-hydrogen) atoms. The fraction of sp³-hybridized carbons (Fsp3) is 0.700. The molecule has 3 rings (SSSR count). The number of likely N-dealkylation sites (tertiary alicyclic amines) is 1. The minimum Gasteiger partial charge on any atom is -0.487 e. The fourth-order valence-corrected chi connectivity index (χ4v) is 5.93. The SMILES string of the molecule is CCOCCN1CC[C@@H]2Oc3ccccc3S(=O)(=O)N(CC(C)C)[C@H]2CC1. The first-order valence-electron chi connectivity index (χ1n) is 10.0. The standard InChI is InChI=1S/C20H32N2O4S/c1-4-25-14-13-21-11-9-17-18(10-12-21)26-19-7-5-6-8-20(19)27(23,24)22(17)15-16(2)3/h5-8,16-18H,4,9-15H2,1-3H3/t17-,18-/m0/s1. The summed E-state index contributed by atoms with van der Waals surface area (Å²) in [6, 6.07) is 6.91. The van der Waals surface area contributed by atoms with E-state index in [0.29, 0.717) is 23.8 Å². The summed E-state index contributed by atoms with van der Waals surface area (Å²) in [5.41, 5.74) is 0. The fourth-order valence-electron chi connectivity index (χ4n) is 3.96. The van der Waals surface area contributed by atoms with E-state index in [2.05, 4.69) is 18.7 Å². The van der Waals surface area contributed by atoms with Crippen LogP contribution in [0.15, 0.2) is 29.2 Å². The van der Waals surface area contributed by atoms with Crippen molar-refractivity contribution in [3.63, 3.8) is 0 Å². The summed E-state index contributed by atoms with van der Waals surface area (Å²) in [6.07, 6.45) is 1.46. The van der Waals surface area contributed by atoms with Crippen molar-refractivity contribution in [1.29, 1.82) is 0 Å². The summed E-state index contributed by atoms with van der Waals surface area (Å²) in [4.78, 5) is 2.66. The Bertz CT molecular complexity index is 722. The number of para-hydroxylation sites is 1. The van der Waals surface area contributed by atoms with Crippen molar-refractivity contribution in [2.45, 2.75) is 50.7 Å². The number of sulfonamides is 1. The summed E-state index contributed by atoms with van der Waals surface area (Å²) in [5, 5.41) is 0. The third-order valence-corrected chi connectivity index (χ3v) is 7.22. The summed E-state index contributed by atoms with van der Waals surface area (Å²) in [6.45, 7) is 10.7. The zero-order valence-corrected chi connectivity index (χ0v) is 17.5. The zero-order chi connectivity index (χ0) is 19.4. The molecule has 1 fully saturated rings. The highest BCUT2D eigenvalue weighted by atomic mass is 32.2. The third kappa shape index (κ3) is 4.65. The van der Waals surface area contributed by atoms with Crippen LogP contribution in [0.5, 0.6) is 5.75 Å². The van der Waals surface area contributed by atoms with Crippen molar-refractivity contribution in [3.05, 3.63) is 24.3 Å². The van der Waals surface area contributed by atoms with E-state index in [1.54, 1.807) is 22.5 Å². The summed E-state index contributed by atoms with van der Waals surface area (Å²) in [5.74, 6) is 0.740. The number of hydrogen-bond donors (Lipinski definition) is 0. The van der Waals surface area contributed by atoms with Crippen molar-refractivity contribution in [3.8, 4) is 5.75 Å². The molecule has 0 aliphatic carbocycles. The highest BCUT2D eigenvalue weighted by Crippen LogP contribution is 2.36. The Labute approximate surface area is 163 Å². The highest BCUT2D eigenvalue weighted by Gasteiger charge is 2.43. The van der Waals surface area contributed by atoms with Crippen LogP contribution in [-0.4, -0.2) is 69.2 Å². The normalized spacial score (nSPS) is 25.9. The molecule has 0 aromatic heterocycles. The van der Waals surface area contributed by atoms with E-state index >= 15 is 0 Å². The zero-order valence-electron chi connectivity index (χ0n) is 16.6. The van der Waals surface area contributed by atoms with Gasteiger partial charge in [-0.05, 0) is 44.4 Å². The minimum absolute atomic E-state index is 0.126. The van der Waals surface area contributed by atoms with E-state index in [0.717, 1.165) is 39.1 Å². The van der Waals surface area contributed by atoms with Crippen LogP contribution >= 0.6 is 0 Å². The van der Waals surface area contributed by atoms with Gasteiger partial charge in [0.1, 0.15) is 16.7 Å². The molecule has 1 aromatic carbocycles. The van der Waals surface area contributed by atoms with Gasteiger partial charge in [0, 0.05) is 26.2 Å². The minimum atomic E-state index is -3.57. The molecule has 2 atom stereocenters. The van der Waals surface area contributed by atoms with Crippen LogP contribution < -0.4 is 4.74 Å². The second-order valence-corrected chi connectivity index (χ2v) is 9.61. The van der Waals surface area contributed by atoms with Gasteiger partial charge in [0.25, 0.3) is 0 Å². The Morgan fingerprint density at radius 1 is 1.22 bits per heavy atom. The Balaban J connectivity index is 1.89.